The second-order valence-corrected chi connectivity index (χ2v) is 5.25. The Hall–Kier alpha value is -2.01. The Morgan fingerprint density at radius 3 is 2.60 bits per heavy atom. The Bertz CT molecular complexity index is 610. The molecule has 2 rings (SSSR count). The van der Waals surface area contributed by atoms with Crippen molar-refractivity contribution in [2.24, 2.45) is 0 Å². The van der Waals surface area contributed by atoms with E-state index in [0.717, 1.165) is 34.4 Å². The van der Waals surface area contributed by atoms with Crippen LogP contribution in [0.4, 0.5) is 0 Å². The van der Waals surface area contributed by atoms with Crippen molar-refractivity contribution >= 4 is 23.8 Å². The van der Waals surface area contributed by atoms with Crippen molar-refractivity contribution in [1.29, 1.82) is 0 Å². The number of oxazole rings is 1. The number of carboxylic acids is 1. The zero-order valence-corrected chi connectivity index (χ0v) is 12.1. The summed E-state index contributed by atoms with van der Waals surface area (Å²) in [5.74, 6) is 0.670. The normalized spacial score (nSPS) is 11.1. The van der Waals surface area contributed by atoms with Crippen molar-refractivity contribution in [3.8, 4) is 0 Å². The molecule has 0 aliphatic carbocycles. The quantitative estimate of drug-likeness (QED) is 0.672. The molecule has 0 fully saturated rings. The number of aromatic nitrogens is 1. The minimum absolute atomic E-state index is 0.676. The molecule has 1 heterocycles. The van der Waals surface area contributed by atoms with Gasteiger partial charge in [0.15, 0.2) is 0 Å². The number of carboxylic acid groups (broad SMARTS) is 1. The number of carbonyl (C=O) groups is 1. The van der Waals surface area contributed by atoms with Gasteiger partial charge in [-0.05, 0) is 31.1 Å². The van der Waals surface area contributed by atoms with Gasteiger partial charge in [0.2, 0.25) is 0 Å². The fourth-order valence-electron chi connectivity index (χ4n) is 1.54. The lowest BCUT2D eigenvalue weighted by atomic mass is 10.1. The Balaban J connectivity index is 1.95. The number of rotatable bonds is 5. The highest BCUT2D eigenvalue weighted by molar-refractivity contribution is 7.98. The number of benzene rings is 1. The van der Waals surface area contributed by atoms with Gasteiger partial charge in [0.05, 0.1) is 5.69 Å². The van der Waals surface area contributed by atoms with E-state index in [1.807, 2.05) is 38.1 Å². The van der Waals surface area contributed by atoms with Gasteiger partial charge in [-0.1, -0.05) is 36.0 Å². The van der Waals surface area contributed by atoms with Crippen molar-refractivity contribution in [2.45, 2.75) is 24.8 Å². The predicted octanol–water partition coefficient (Wildman–Crippen LogP) is 3.68. The molecule has 104 valence electrons. The van der Waals surface area contributed by atoms with Crippen LogP contribution in [0.1, 0.15) is 22.6 Å². The topological polar surface area (TPSA) is 63.3 Å². The van der Waals surface area contributed by atoms with Crippen LogP contribution in [0, 0.1) is 13.8 Å². The Kier molecular flexibility index (Phi) is 4.63. The molecular weight excluding hydrogens is 274 g/mol. The third-order valence-electron chi connectivity index (χ3n) is 2.77. The van der Waals surface area contributed by atoms with Gasteiger partial charge in [0, 0.05) is 11.8 Å². The standard InChI is InChI=1S/C15H15NO3S/c1-10-11(2)19-15(16-10)20-9-13-5-3-12(4-6-13)7-8-14(17)18/h3-8H,9H2,1-2H3,(H,17,18)/b8-7+. The van der Waals surface area contributed by atoms with E-state index in [4.69, 9.17) is 9.52 Å². The molecule has 20 heavy (non-hydrogen) atoms. The zero-order chi connectivity index (χ0) is 14.5. The molecule has 0 aliphatic heterocycles. The summed E-state index contributed by atoms with van der Waals surface area (Å²) in [6, 6.07) is 7.72. The molecule has 1 aromatic carbocycles. The van der Waals surface area contributed by atoms with Crippen LogP contribution < -0.4 is 0 Å². The molecule has 0 radical (unpaired) electrons. The Labute approximate surface area is 121 Å². The van der Waals surface area contributed by atoms with Gasteiger partial charge >= 0.3 is 5.97 Å². The van der Waals surface area contributed by atoms with E-state index in [2.05, 4.69) is 4.98 Å². The lowest BCUT2D eigenvalue weighted by Gasteiger charge is -1.99. The molecule has 1 aromatic heterocycles. The van der Waals surface area contributed by atoms with E-state index < -0.39 is 5.97 Å². The summed E-state index contributed by atoms with van der Waals surface area (Å²) in [6.45, 7) is 3.82. The lowest BCUT2D eigenvalue weighted by molar-refractivity contribution is -0.131. The summed E-state index contributed by atoms with van der Waals surface area (Å²) in [7, 11) is 0. The maximum atomic E-state index is 10.4. The average molecular weight is 289 g/mol. The Morgan fingerprint density at radius 2 is 2.05 bits per heavy atom. The molecule has 4 nitrogen and oxygen atoms in total. The second-order valence-electron chi connectivity index (χ2n) is 4.32. The number of aryl methyl sites for hydroxylation is 2. The average Bonchev–Trinajstić information content (AvgIpc) is 2.74. The molecule has 0 aliphatic rings. The molecule has 0 amide bonds. The minimum Gasteiger partial charge on any atom is -0.478 e. The van der Waals surface area contributed by atoms with Crippen molar-refractivity contribution in [1.82, 2.24) is 4.98 Å². The van der Waals surface area contributed by atoms with Crippen LogP contribution in [0.25, 0.3) is 6.08 Å². The third kappa shape index (κ3) is 3.99. The SMILES string of the molecule is Cc1nc(SCc2ccc(/C=C/C(=O)O)cc2)oc1C. The largest absolute Gasteiger partial charge is 0.478 e. The molecule has 2 aromatic rings. The van der Waals surface area contributed by atoms with Crippen LogP contribution in [-0.2, 0) is 10.5 Å². The zero-order valence-electron chi connectivity index (χ0n) is 11.3. The smallest absolute Gasteiger partial charge is 0.328 e. The molecule has 0 spiro atoms. The van der Waals surface area contributed by atoms with Crippen LogP contribution in [-0.4, -0.2) is 16.1 Å². The van der Waals surface area contributed by atoms with Crippen LogP contribution in [0.2, 0.25) is 0 Å². The van der Waals surface area contributed by atoms with Crippen molar-refractivity contribution in [3.05, 3.63) is 52.9 Å². The molecular formula is C15H15NO3S. The summed E-state index contributed by atoms with van der Waals surface area (Å²) in [5, 5.41) is 9.23. The first-order valence-electron chi connectivity index (χ1n) is 6.11. The van der Waals surface area contributed by atoms with Crippen LogP contribution in [0.15, 0.2) is 40.0 Å². The molecule has 0 unspecified atom stereocenters. The fraction of sp³-hybridized carbons (Fsp3) is 0.200. The number of thioether (sulfide) groups is 1. The van der Waals surface area contributed by atoms with Crippen molar-refractivity contribution < 1.29 is 14.3 Å². The summed E-state index contributed by atoms with van der Waals surface area (Å²) >= 11 is 1.54. The van der Waals surface area contributed by atoms with Crippen molar-refractivity contribution in [3.63, 3.8) is 0 Å². The first-order valence-corrected chi connectivity index (χ1v) is 7.10. The summed E-state index contributed by atoms with van der Waals surface area (Å²) in [6.07, 6.45) is 2.70. The number of aliphatic carboxylic acids is 1. The van der Waals surface area contributed by atoms with Crippen LogP contribution in [0.3, 0.4) is 0 Å². The number of nitrogens with zero attached hydrogens (tertiary/aromatic N) is 1. The highest BCUT2D eigenvalue weighted by Crippen LogP contribution is 2.24. The van der Waals surface area contributed by atoms with E-state index in [0.29, 0.717) is 5.22 Å². The molecule has 0 bridgehead atoms. The fourth-order valence-corrected chi connectivity index (χ4v) is 2.41. The van der Waals surface area contributed by atoms with Gasteiger partial charge in [-0.3, -0.25) is 0 Å². The number of hydrogen-bond acceptors (Lipinski definition) is 4. The van der Waals surface area contributed by atoms with Crippen LogP contribution in [0.5, 0.6) is 0 Å². The summed E-state index contributed by atoms with van der Waals surface area (Å²) in [4.78, 5) is 14.7. The Morgan fingerprint density at radius 1 is 1.35 bits per heavy atom. The first kappa shape index (κ1) is 14.4. The lowest BCUT2D eigenvalue weighted by Crippen LogP contribution is -1.86. The third-order valence-corrected chi connectivity index (χ3v) is 3.67. The van der Waals surface area contributed by atoms with E-state index in [-0.39, 0.29) is 0 Å². The van der Waals surface area contributed by atoms with E-state index in [1.165, 1.54) is 0 Å². The molecule has 1 N–H and O–H groups in total. The van der Waals surface area contributed by atoms with Gasteiger partial charge in [0.1, 0.15) is 5.76 Å². The van der Waals surface area contributed by atoms with E-state index >= 15 is 0 Å². The van der Waals surface area contributed by atoms with Gasteiger partial charge in [-0.25, -0.2) is 9.78 Å². The first-order chi connectivity index (χ1) is 9.54. The van der Waals surface area contributed by atoms with Gasteiger partial charge in [0.25, 0.3) is 5.22 Å². The summed E-state index contributed by atoms with van der Waals surface area (Å²) < 4.78 is 5.50. The second kappa shape index (κ2) is 6.43. The minimum atomic E-state index is -0.945. The monoisotopic (exact) mass is 289 g/mol. The highest BCUT2D eigenvalue weighted by Gasteiger charge is 2.06. The molecule has 0 saturated heterocycles. The molecule has 0 saturated carbocycles. The predicted molar refractivity (Wildman–Crippen MR) is 78.6 cm³/mol. The van der Waals surface area contributed by atoms with E-state index in [9.17, 15) is 4.79 Å². The number of hydrogen-bond donors (Lipinski definition) is 1. The maximum absolute atomic E-state index is 10.4. The summed E-state index contributed by atoms with van der Waals surface area (Å²) in [5.41, 5.74) is 2.92. The van der Waals surface area contributed by atoms with Gasteiger partial charge in [-0.2, -0.15) is 0 Å². The molecule has 0 atom stereocenters. The van der Waals surface area contributed by atoms with Crippen molar-refractivity contribution in [2.75, 3.05) is 0 Å². The maximum Gasteiger partial charge on any atom is 0.328 e. The highest BCUT2D eigenvalue weighted by atomic mass is 32.2. The van der Waals surface area contributed by atoms with Gasteiger partial charge < -0.3 is 9.52 Å². The van der Waals surface area contributed by atoms with E-state index in [1.54, 1.807) is 17.8 Å². The molecule has 5 heteroatoms. The van der Waals surface area contributed by atoms with Gasteiger partial charge in [-0.15, -0.1) is 0 Å². The van der Waals surface area contributed by atoms with Crippen LogP contribution >= 0.6 is 11.8 Å².